The van der Waals surface area contributed by atoms with Crippen molar-refractivity contribution in [3.8, 4) is 0 Å². The third kappa shape index (κ3) is 1.73. The second-order valence-corrected chi connectivity index (χ2v) is 3.84. The van der Waals surface area contributed by atoms with Crippen molar-refractivity contribution in [2.75, 3.05) is 6.54 Å². The molecule has 2 atom stereocenters. The van der Waals surface area contributed by atoms with Crippen molar-refractivity contribution < 1.29 is 4.79 Å². The lowest BCUT2D eigenvalue weighted by Crippen LogP contribution is -2.32. The average Bonchev–Trinajstić information content (AvgIpc) is 2.94. The zero-order valence-corrected chi connectivity index (χ0v) is 9.17. The number of carbonyl (C=O) groups is 1. The molecule has 4 N–H and O–H groups in total. The number of carbonyl (C=O) groups excluding carboxylic acids is 1. The van der Waals surface area contributed by atoms with Gasteiger partial charge in [-0.25, -0.2) is 0 Å². The Labute approximate surface area is 95.2 Å². The monoisotopic (exact) mass is 226 g/mol. The first kappa shape index (κ1) is 12.0. The van der Waals surface area contributed by atoms with E-state index in [4.69, 9.17) is 11.5 Å². The van der Waals surface area contributed by atoms with Gasteiger partial charge in [0.25, 0.3) is 0 Å². The van der Waals surface area contributed by atoms with Crippen LogP contribution in [0.1, 0.15) is 12.0 Å². The predicted molar refractivity (Wildman–Crippen MR) is 61.7 cm³/mol. The topological polar surface area (TPSA) is 69.1 Å². The zero-order chi connectivity index (χ0) is 10.2. The maximum atomic E-state index is 11.4. The van der Waals surface area contributed by atoms with Crippen molar-refractivity contribution in [1.29, 1.82) is 0 Å². The largest absolute Gasteiger partial charge is 0.369 e. The number of benzene rings is 1. The molecule has 0 unspecified atom stereocenters. The summed E-state index contributed by atoms with van der Waals surface area (Å²) in [6, 6.07) is 9.66. The van der Waals surface area contributed by atoms with E-state index in [0.717, 1.165) is 12.0 Å². The fraction of sp³-hybridized carbons (Fsp3) is 0.364. The lowest BCUT2D eigenvalue weighted by Gasteiger charge is -2.12. The summed E-state index contributed by atoms with van der Waals surface area (Å²) >= 11 is 0. The van der Waals surface area contributed by atoms with Crippen molar-refractivity contribution in [3.05, 3.63) is 35.9 Å². The van der Waals surface area contributed by atoms with Crippen LogP contribution in [0, 0.1) is 5.92 Å². The van der Waals surface area contributed by atoms with Crippen LogP contribution in [0.5, 0.6) is 0 Å². The number of rotatable bonds is 3. The molecule has 15 heavy (non-hydrogen) atoms. The molecule has 0 bridgehead atoms. The van der Waals surface area contributed by atoms with Crippen molar-refractivity contribution in [2.45, 2.75) is 11.8 Å². The maximum absolute atomic E-state index is 11.4. The molecule has 0 radical (unpaired) electrons. The molecule has 1 aromatic rings. The second kappa shape index (κ2) is 4.21. The standard InChI is InChI=1S/C11H14N2O.ClH/c12-7-9-6-11(9,10(13)14)8-4-2-1-3-5-8;/h1-5,9H,6-7,12H2,(H2,13,14);1H/t9-,11+;/m1./s1. The molecule has 1 aliphatic rings. The van der Waals surface area contributed by atoms with E-state index in [1.807, 2.05) is 30.3 Å². The van der Waals surface area contributed by atoms with Crippen molar-refractivity contribution in [2.24, 2.45) is 17.4 Å². The Morgan fingerprint density at radius 3 is 2.40 bits per heavy atom. The molecular formula is C11H15ClN2O. The number of halogens is 1. The van der Waals surface area contributed by atoms with Gasteiger partial charge in [0.05, 0.1) is 5.41 Å². The zero-order valence-electron chi connectivity index (χ0n) is 8.35. The molecule has 3 nitrogen and oxygen atoms in total. The highest BCUT2D eigenvalue weighted by molar-refractivity contribution is 5.90. The van der Waals surface area contributed by atoms with Crippen LogP contribution in [0.2, 0.25) is 0 Å². The van der Waals surface area contributed by atoms with Crippen LogP contribution in [0.4, 0.5) is 0 Å². The van der Waals surface area contributed by atoms with Gasteiger partial charge in [-0.2, -0.15) is 0 Å². The molecule has 1 saturated carbocycles. The molecule has 82 valence electrons. The highest BCUT2D eigenvalue weighted by atomic mass is 35.5. The van der Waals surface area contributed by atoms with Gasteiger partial charge in [-0.1, -0.05) is 30.3 Å². The highest BCUT2D eigenvalue weighted by Gasteiger charge is 2.59. The van der Waals surface area contributed by atoms with Gasteiger partial charge in [0, 0.05) is 0 Å². The van der Waals surface area contributed by atoms with Crippen molar-refractivity contribution in [1.82, 2.24) is 0 Å². The van der Waals surface area contributed by atoms with Gasteiger partial charge >= 0.3 is 0 Å². The van der Waals surface area contributed by atoms with Gasteiger partial charge in [-0.3, -0.25) is 4.79 Å². The van der Waals surface area contributed by atoms with Crippen LogP contribution < -0.4 is 11.5 Å². The second-order valence-electron chi connectivity index (χ2n) is 3.84. The van der Waals surface area contributed by atoms with Crippen LogP contribution in [0.15, 0.2) is 30.3 Å². The molecule has 0 aromatic heterocycles. The van der Waals surface area contributed by atoms with Gasteiger partial charge in [-0.15, -0.1) is 12.4 Å². The van der Waals surface area contributed by atoms with Crippen molar-refractivity contribution in [3.63, 3.8) is 0 Å². The third-order valence-electron chi connectivity index (χ3n) is 3.12. The molecule has 4 heteroatoms. The van der Waals surface area contributed by atoms with Crippen LogP contribution in [-0.4, -0.2) is 12.5 Å². The predicted octanol–water partition coefficient (Wildman–Crippen LogP) is 0.810. The number of hydrogen-bond donors (Lipinski definition) is 2. The summed E-state index contributed by atoms with van der Waals surface area (Å²) in [5.41, 5.74) is 11.5. The van der Waals surface area contributed by atoms with E-state index in [9.17, 15) is 4.79 Å². The molecule has 1 fully saturated rings. The summed E-state index contributed by atoms with van der Waals surface area (Å²) in [6.07, 6.45) is 0.794. The summed E-state index contributed by atoms with van der Waals surface area (Å²) < 4.78 is 0. The summed E-state index contributed by atoms with van der Waals surface area (Å²) in [4.78, 5) is 11.4. The van der Waals surface area contributed by atoms with Crippen LogP contribution in [0.3, 0.4) is 0 Å². The SMILES string of the molecule is Cl.NC[C@H]1C[C@]1(C(N)=O)c1ccccc1. The Kier molecular flexibility index (Phi) is 3.37. The Hall–Kier alpha value is -1.06. The molecule has 1 amide bonds. The van der Waals surface area contributed by atoms with Gasteiger partial charge < -0.3 is 11.5 Å². The normalized spacial score (nSPS) is 27.9. The summed E-state index contributed by atoms with van der Waals surface area (Å²) in [6.45, 7) is 0.526. The Morgan fingerprint density at radius 2 is 2.00 bits per heavy atom. The van der Waals surface area contributed by atoms with Gasteiger partial charge in [0.2, 0.25) is 5.91 Å². The number of hydrogen-bond acceptors (Lipinski definition) is 2. The molecule has 0 heterocycles. The quantitative estimate of drug-likeness (QED) is 0.801. The smallest absolute Gasteiger partial charge is 0.228 e. The minimum absolute atomic E-state index is 0. The molecule has 2 rings (SSSR count). The van der Waals surface area contributed by atoms with Crippen LogP contribution in [-0.2, 0) is 10.2 Å². The molecule has 1 aliphatic carbocycles. The molecule has 0 saturated heterocycles. The van der Waals surface area contributed by atoms with Crippen molar-refractivity contribution >= 4 is 18.3 Å². The summed E-state index contributed by atoms with van der Waals surface area (Å²) in [5, 5.41) is 0. The van der Waals surface area contributed by atoms with E-state index in [2.05, 4.69) is 0 Å². The third-order valence-corrected chi connectivity index (χ3v) is 3.12. The maximum Gasteiger partial charge on any atom is 0.228 e. The number of amides is 1. The van der Waals surface area contributed by atoms with E-state index in [-0.39, 0.29) is 24.2 Å². The molecule has 0 aliphatic heterocycles. The first-order valence-corrected chi connectivity index (χ1v) is 4.77. The Bertz CT molecular complexity index is 355. The van der Waals surface area contributed by atoms with Gasteiger partial charge in [0.1, 0.15) is 0 Å². The van der Waals surface area contributed by atoms with Crippen LogP contribution in [0.25, 0.3) is 0 Å². The molecular weight excluding hydrogens is 212 g/mol. The van der Waals surface area contributed by atoms with E-state index >= 15 is 0 Å². The first-order chi connectivity index (χ1) is 6.71. The highest BCUT2D eigenvalue weighted by Crippen LogP contribution is 2.53. The fourth-order valence-electron chi connectivity index (χ4n) is 2.15. The van der Waals surface area contributed by atoms with E-state index in [1.165, 1.54) is 0 Å². The lowest BCUT2D eigenvalue weighted by atomic mass is 9.92. The van der Waals surface area contributed by atoms with E-state index in [0.29, 0.717) is 6.54 Å². The lowest BCUT2D eigenvalue weighted by molar-refractivity contribution is -0.120. The average molecular weight is 227 g/mol. The minimum Gasteiger partial charge on any atom is -0.369 e. The minimum atomic E-state index is -0.476. The molecule has 1 aromatic carbocycles. The van der Waals surface area contributed by atoms with Gasteiger partial charge in [0.15, 0.2) is 0 Å². The Balaban J connectivity index is 0.00000112. The fourth-order valence-corrected chi connectivity index (χ4v) is 2.15. The van der Waals surface area contributed by atoms with E-state index < -0.39 is 5.41 Å². The van der Waals surface area contributed by atoms with Gasteiger partial charge in [-0.05, 0) is 24.4 Å². The number of nitrogens with two attached hydrogens (primary N) is 2. The first-order valence-electron chi connectivity index (χ1n) is 4.77. The van der Waals surface area contributed by atoms with Crippen LogP contribution >= 0.6 is 12.4 Å². The van der Waals surface area contributed by atoms with E-state index in [1.54, 1.807) is 0 Å². The molecule has 0 spiro atoms. The summed E-state index contributed by atoms with van der Waals surface area (Å²) in [7, 11) is 0. The Morgan fingerprint density at radius 1 is 1.40 bits per heavy atom. The number of primary amides is 1. The summed E-state index contributed by atoms with van der Waals surface area (Å²) in [5.74, 6) is -0.0263.